The number of benzene rings is 5. The van der Waals surface area contributed by atoms with Gasteiger partial charge in [0.05, 0.1) is 0 Å². The van der Waals surface area contributed by atoms with Crippen LogP contribution in [0.2, 0.25) is 0 Å². The van der Waals surface area contributed by atoms with Gasteiger partial charge in [0.15, 0.2) is 0 Å². The normalized spacial score (nSPS) is 10.9. The summed E-state index contributed by atoms with van der Waals surface area (Å²) in [4.78, 5) is 0. The Bertz CT molecular complexity index is 1330. The molecule has 166 valence electrons. The van der Waals surface area contributed by atoms with Crippen molar-refractivity contribution in [1.82, 2.24) is 0 Å². The fourth-order valence-corrected chi connectivity index (χ4v) is 4.57. The zero-order chi connectivity index (χ0) is 23.2. The van der Waals surface area contributed by atoms with E-state index in [1.165, 1.54) is 62.9 Å². The van der Waals surface area contributed by atoms with Gasteiger partial charge in [-0.15, -0.1) is 0 Å². The van der Waals surface area contributed by atoms with Gasteiger partial charge in [-0.05, 0) is 62.9 Å². The van der Waals surface area contributed by atoms with E-state index in [1.54, 1.807) is 0 Å². The molecule has 34 heavy (non-hydrogen) atoms. The van der Waals surface area contributed by atoms with Gasteiger partial charge in [-0.1, -0.05) is 141 Å². The Hall–Kier alpha value is -3.90. The second-order valence-electron chi connectivity index (χ2n) is 8.86. The Morgan fingerprint density at radius 2 is 0.765 bits per heavy atom. The maximum atomic E-state index is 2.27. The van der Waals surface area contributed by atoms with E-state index in [-0.39, 0.29) is 0 Å². The minimum Gasteiger partial charge on any atom is -0.0654 e. The Labute approximate surface area is 203 Å². The fraction of sp³-hybridized carbons (Fsp3) is 0.118. The summed E-state index contributed by atoms with van der Waals surface area (Å²) in [6, 6.07) is 46.1. The van der Waals surface area contributed by atoms with Gasteiger partial charge >= 0.3 is 0 Å². The average molecular weight is 439 g/mol. The third-order valence-electron chi connectivity index (χ3n) is 6.56. The van der Waals surface area contributed by atoms with Gasteiger partial charge in [0, 0.05) is 0 Å². The summed E-state index contributed by atoms with van der Waals surface area (Å²) in [7, 11) is 0. The second-order valence-corrected chi connectivity index (χ2v) is 8.86. The molecule has 5 aromatic carbocycles. The molecule has 0 aliphatic carbocycles. The summed E-state index contributed by atoms with van der Waals surface area (Å²) >= 11 is 0. The maximum absolute atomic E-state index is 2.27. The minimum absolute atomic E-state index is 1.14. The van der Waals surface area contributed by atoms with E-state index in [4.69, 9.17) is 0 Å². The Balaban J connectivity index is 1.33. The van der Waals surface area contributed by atoms with Crippen LogP contribution in [0.4, 0.5) is 0 Å². The lowest BCUT2D eigenvalue weighted by atomic mass is 9.94. The minimum atomic E-state index is 1.14. The highest BCUT2D eigenvalue weighted by molar-refractivity contribution is 5.75. The third kappa shape index (κ3) is 4.87. The number of rotatable bonds is 7. The Kier molecular flexibility index (Phi) is 6.68. The predicted octanol–water partition coefficient (Wildman–Crippen LogP) is 9.70. The first-order chi connectivity index (χ1) is 16.8. The first-order valence-electron chi connectivity index (χ1n) is 12.3. The third-order valence-corrected chi connectivity index (χ3v) is 6.56. The van der Waals surface area contributed by atoms with Crippen molar-refractivity contribution < 1.29 is 0 Å². The van der Waals surface area contributed by atoms with Crippen LogP contribution in [0.5, 0.6) is 0 Å². The summed E-state index contributed by atoms with van der Waals surface area (Å²) in [6.45, 7) is 2.25. The average Bonchev–Trinajstić information content (AvgIpc) is 2.93. The van der Waals surface area contributed by atoms with E-state index in [0.29, 0.717) is 0 Å². The standard InChI is InChI=1S/C34H30/c1-2-3-9-32-12-7-8-13-34(32)33-24-22-31(23-25-33)30-20-18-29(19-21-30)28-16-14-27(15-17-28)26-10-5-4-6-11-26/h4-8,10-25H,2-3,9H2,1H3. The zero-order valence-corrected chi connectivity index (χ0v) is 19.7. The van der Waals surface area contributed by atoms with Crippen LogP contribution in [-0.4, -0.2) is 0 Å². The Morgan fingerprint density at radius 3 is 1.24 bits per heavy atom. The lowest BCUT2D eigenvalue weighted by Crippen LogP contribution is -1.90. The molecule has 0 spiro atoms. The van der Waals surface area contributed by atoms with Gasteiger partial charge in [0.1, 0.15) is 0 Å². The molecule has 0 amide bonds. The molecule has 0 heteroatoms. The summed E-state index contributed by atoms with van der Waals surface area (Å²) in [6.07, 6.45) is 3.60. The van der Waals surface area contributed by atoms with Crippen molar-refractivity contribution >= 4 is 0 Å². The van der Waals surface area contributed by atoms with Gasteiger partial charge < -0.3 is 0 Å². The Morgan fingerprint density at radius 1 is 0.382 bits per heavy atom. The molecular formula is C34H30. The molecule has 0 aromatic heterocycles. The second kappa shape index (κ2) is 10.4. The molecule has 0 aliphatic rings. The molecule has 0 saturated heterocycles. The van der Waals surface area contributed by atoms with Gasteiger partial charge in [0.25, 0.3) is 0 Å². The van der Waals surface area contributed by atoms with E-state index in [0.717, 1.165) is 6.42 Å². The topological polar surface area (TPSA) is 0 Å². The largest absolute Gasteiger partial charge is 0.0654 e. The summed E-state index contributed by atoms with van der Waals surface area (Å²) < 4.78 is 0. The molecule has 0 saturated carbocycles. The smallest absolute Gasteiger partial charge is 0.0152 e. The van der Waals surface area contributed by atoms with Crippen molar-refractivity contribution in [1.29, 1.82) is 0 Å². The van der Waals surface area contributed by atoms with Gasteiger partial charge in [-0.3, -0.25) is 0 Å². The highest BCUT2D eigenvalue weighted by atomic mass is 14.1. The highest BCUT2D eigenvalue weighted by Gasteiger charge is 2.06. The molecule has 5 aromatic rings. The predicted molar refractivity (Wildman–Crippen MR) is 147 cm³/mol. The number of unbranched alkanes of at least 4 members (excludes halogenated alkanes) is 1. The highest BCUT2D eigenvalue weighted by Crippen LogP contribution is 2.30. The molecule has 5 rings (SSSR count). The molecular weight excluding hydrogens is 408 g/mol. The van der Waals surface area contributed by atoms with Crippen molar-refractivity contribution in [2.24, 2.45) is 0 Å². The SMILES string of the molecule is CCCCc1ccccc1-c1ccc(-c2ccc(-c3ccc(-c4ccccc4)cc3)cc2)cc1. The zero-order valence-electron chi connectivity index (χ0n) is 19.7. The van der Waals surface area contributed by atoms with Crippen LogP contribution in [0.25, 0.3) is 44.5 Å². The van der Waals surface area contributed by atoms with Crippen molar-refractivity contribution in [2.75, 3.05) is 0 Å². The van der Waals surface area contributed by atoms with E-state index >= 15 is 0 Å². The molecule has 0 nitrogen and oxygen atoms in total. The van der Waals surface area contributed by atoms with Gasteiger partial charge in [0.2, 0.25) is 0 Å². The first kappa shape index (κ1) is 21.9. The van der Waals surface area contributed by atoms with Gasteiger partial charge in [-0.2, -0.15) is 0 Å². The lowest BCUT2D eigenvalue weighted by molar-refractivity contribution is 0.796. The van der Waals surface area contributed by atoms with Crippen LogP contribution in [0.1, 0.15) is 25.3 Å². The van der Waals surface area contributed by atoms with E-state index in [9.17, 15) is 0 Å². The molecule has 0 heterocycles. The van der Waals surface area contributed by atoms with Crippen molar-refractivity contribution in [3.05, 3.63) is 133 Å². The van der Waals surface area contributed by atoms with Crippen LogP contribution in [0.15, 0.2) is 127 Å². The summed E-state index contributed by atoms with van der Waals surface area (Å²) in [5.74, 6) is 0. The number of hydrogen-bond acceptors (Lipinski definition) is 0. The molecule has 0 fully saturated rings. The molecule has 0 aliphatic heterocycles. The van der Waals surface area contributed by atoms with Crippen molar-refractivity contribution in [3.8, 4) is 44.5 Å². The van der Waals surface area contributed by atoms with E-state index < -0.39 is 0 Å². The van der Waals surface area contributed by atoms with Crippen LogP contribution < -0.4 is 0 Å². The van der Waals surface area contributed by atoms with Crippen molar-refractivity contribution in [3.63, 3.8) is 0 Å². The maximum Gasteiger partial charge on any atom is -0.0152 e. The van der Waals surface area contributed by atoms with E-state index in [2.05, 4.69) is 134 Å². The summed E-state index contributed by atoms with van der Waals surface area (Å²) in [5, 5.41) is 0. The number of hydrogen-bond donors (Lipinski definition) is 0. The van der Waals surface area contributed by atoms with Crippen LogP contribution in [0, 0.1) is 0 Å². The molecule has 0 unspecified atom stereocenters. The first-order valence-corrected chi connectivity index (χ1v) is 12.3. The van der Waals surface area contributed by atoms with E-state index in [1.807, 2.05) is 0 Å². The van der Waals surface area contributed by atoms with Crippen LogP contribution in [-0.2, 0) is 6.42 Å². The molecule has 0 N–H and O–H groups in total. The fourth-order valence-electron chi connectivity index (χ4n) is 4.57. The molecule has 0 radical (unpaired) electrons. The quantitative estimate of drug-likeness (QED) is 0.237. The van der Waals surface area contributed by atoms with Gasteiger partial charge in [-0.25, -0.2) is 0 Å². The lowest BCUT2D eigenvalue weighted by Gasteiger charge is -2.11. The molecule has 0 atom stereocenters. The molecule has 0 bridgehead atoms. The monoisotopic (exact) mass is 438 g/mol. The van der Waals surface area contributed by atoms with Crippen LogP contribution in [0.3, 0.4) is 0 Å². The summed E-state index contributed by atoms with van der Waals surface area (Å²) in [5.41, 5.74) is 11.6. The van der Waals surface area contributed by atoms with Crippen molar-refractivity contribution in [2.45, 2.75) is 26.2 Å². The number of aryl methyl sites for hydroxylation is 1. The van der Waals surface area contributed by atoms with Crippen LogP contribution >= 0.6 is 0 Å².